The van der Waals surface area contributed by atoms with E-state index in [0.29, 0.717) is 17.1 Å². The highest BCUT2D eigenvalue weighted by Gasteiger charge is 2.20. The number of benzene rings is 1. The van der Waals surface area contributed by atoms with Gasteiger partial charge in [-0.1, -0.05) is 25.3 Å². The van der Waals surface area contributed by atoms with Crippen LogP contribution >= 0.6 is 0 Å². The molecule has 3 rings (SSSR count). The van der Waals surface area contributed by atoms with Crippen LogP contribution in [0.4, 0.5) is 15.9 Å². The second-order valence-corrected chi connectivity index (χ2v) is 6.09. The van der Waals surface area contributed by atoms with Crippen molar-refractivity contribution in [2.75, 3.05) is 18.4 Å². The third-order valence-electron chi connectivity index (χ3n) is 4.27. The Kier molecular flexibility index (Phi) is 5.41. The molecule has 1 aromatic carbocycles. The average Bonchev–Trinajstić information content (AvgIpc) is 2.54. The zero-order valence-corrected chi connectivity index (χ0v) is 13.7. The highest BCUT2D eigenvalue weighted by molar-refractivity contribution is 5.99. The van der Waals surface area contributed by atoms with E-state index >= 15 is 0 Å². The molecule has 0 aliphatic carbocycles. The van der Waals surface area contributed by atoms with Crippen LogP contribution in [0.2, 0.25) is 0 Å². The van der Waals surface area contributed by atoms with E-state index in [2.05, 4.69) is 10.3 Å². The molecule has 4 nitrogen and oxygen atoms in total. The summed E-state index contributed by atoms with van der Waals surface area (Å²) < 4.78 is 13.4. The lowest BCUT2D eigenvalue weighted by atomic mass is 10.1. The second kappa shape index (κ2) is 7.90. The van der Waals surface area contributed by atoms with Crippen LogP contribution in [-0.2, 0) is 0 Å². The van der Waals surface area contributed by atoms with Gasteiger partial charge in [-0.05, 0) is 43.2 Å². The van der Waals surface area contributed by atoms with Gasteiger partial charge in [-0.25, -0.2) is 9.37 Å². The summed E-state index contributed by atoms with van der Waals surface area (Å²) in [7, 11) is 0. The summed E-state index contributed by atoms with van der Waals surface area (Å²) in [4.78, 5) is 19.1. The lowest BCUT2D eigenvalue weighted by Crippen LogP contribution is -2.34. The number of aromatic nitrogens is 1. The van der Waals surface area contributed by atoms with Crippen LogP contribution in [0.15, 0.2) is 42.6 Å². The maximum Gasteiger partial charge on any atom is 0.257 e. The standard InChI is InChI=1S/C19H22FN3O/c20-15-8-6-9-16(14-15)22-18-17(10-7-11-21-18)19(24)23-12-4-2-1-3-5-13-23/h6-11,14H,1-5,12-13H2,(H,21,22). The van der Waals surface area contributed by atoms with Crippen LogP contribution in [0.3, 0.4) is 0 Å². The van der Waals surface area contributed by atoms with Gasteiger partial charge in [0.15, 0.2) is 0 Å². The molecule has 1 aliphatic heterocycles. The first-order valence-electron chi connectivity index (χ1n) is 8.51. The molecule has 2 aromatic rings. The van der Waals surface area contributed by atoms with E-state index < -0.39 is 0 Å². The van der Waals surface area contributed by atoms with Gasteiger partial charge in [0.2, 0.25) is 0 Å². The van der Waals surface area contributed by atoms with Gasteiger partial charge >= 0.3 is 0 Å². The fourth-order valence-electron chi connectivity index (χ4n) is 3.00. The molecule has 1 N–H and O–H groups in total. The predicted octanol–water partition coefficient (Wildman–Crippen LogP) is 4.37. The Morgan fingerprint density at radius 3 is 2.54 bits per heavy atom. The van der Waals surface area contributed by atoms with E-state index in [1.807, 2.05) is 4.90 Å². The first-order chi connectivity index (χ1) is 11.7. The Balaban J connectivity index is 1.81. The molecule has 5 heteroatoms. The van der Waals surface area contributed by atoms with Crippen molar-refractivity contribution in [2.45, 2.75) is 32.1 Å². The Hall–Kier alpha value is -2.43. The number of amides is 1. The number of pyridine rings is 1. The molecule has 1 aliphatic rings. The maximum absolute atomic E-state index is 13.4. The summed E-state index contributed by atoms with van der Waals surface area (Å²) in [6.07, 6.45) is 7.31. The van der Waals surface area contributed by atoms with Gasteiger partial charge in [-0.15, -0.1) is 0 Å². The quantitative estimate of drug-likeness (QED) is 0.910. The molecule has 0 unspecified atom stereocenters. The molecular formula is C19H22FN3O. The minimum Gasteiger partial charge on any atom is -0.339 e. The van der Waals surface area contributed by atoms with E-state index in [4.69, 9.17) is 0 Å². The fraction of sp³-hybridized carbons (Fsp3) is 0.368. The lowest BCUT2D eigenvalue weighted by molar-refractivity contribution is 0.0743. The van der Waals surface area contributed by atoms with Crippen molar-refractivity contribution in [2.24, 2.45) is 0 Å². The van der Waals surface area contributed by atoms with Gasteiger partial charge in [0.25, 0.3) is 5.91 Å². The van der Waals surface area contributed by atoms with Crippen LogP contribution in [-0.4, -0.2) is 28.9 Å². The molecule has 0 radical (unpaired) electrons. The van der Waals surface area contributed by atoms with Crippen LogP contribution in [0.5, 0.6) is 0 Å². The number of rotatable bonds is 3. The summed E-state index contributed by atoms with van der Waals surface area (Å²) in [6, 6.07) is 9.68. The number of nitrogens with one attached hydrogen (secondary N) is 1. The van der Waals surface area contributed by atoms with Gasteiger partial charge in [0, 0.05) is 25.0 Å². The number of nitrogens with zero attached hydrogens (tertiary/aromatic N) is 2. The van der Waals surface area contributed by atoms with Crippen molar-refractivity contribution in [1.82, 2.24) is 9.88 Å². The average molecular weight is 327 g/mol. The normalized spacial score (nSPS) is 15.5. The SMILES string of the molecule is O=C(c1cccnc1Nc1cccc(F)c1)N1CCCCCCC1. The van der Waals surface area contributed by atoms with Gasteiger partial charge < -0.3 is 10.2 Å². The van der Waals surface area contributed by atoms with Crippen molar-refractivity contribution in [3.8, 4) is 0 Å². The molecule has 1 fully saturated rings. The minimum atomic E-state index is -0.326. The molecule has 1 amide bonds. The highest BCUT2D eigenvalue weighted by Crippen LogP contribution is 2.21. The number of carbonyl (C=O) groups excluding carboxylic acids is 1. The van der Waals surface area contributed by atoms with E-state index in [-0.39, 0.29) is 11.7 Å². The minimum absolute atomic E-state index is 0.0103. The number of carbonyl (C=O) groups is 1. The molecule has 0 bridgehead atoms. The summed E-state index contributed by atoms with van der Waals surface area (Å²) in [5, 5.41) is 3.06. The molecule has 0 saturated carbocycles. The zero-order chi connectivity index (χ0) is 16.8. The topological polar surface area (TPSA) is 45.2 Å². The molecule has 24 heavy (non-hydrogen) atoms. The summed E-state index contributed by atoms with van der Waals surface area (Å²) >= 11 is 0. The maximum atomic E-state index is 13.4. The summed E-state index contributed by atoms with van der Waals surface area (Å²) in [5.74, 6) is 0.131. The smallest absolute Gasteiger partial charge is 0.257 e. The Labute approximate surface area is 141 Å². The third kappa shape index (κ3) is 4.10. The predicted molar refractivity (Wildman–Crippen MR) is 92.9 cm³/mol. The van der Waals surface area contributed by atoms with Crippen LogP contribution < -0.4 is 5.32 Å². The first kappa shape index (κ1) is 16.4. The van der Waals surface area contributed by atoms with Gasteiger partial charge in [-0.2, -0.15) is 0 Å². The van der Waals surface area contributed by atoms with Crippen molar-refractivity contribution >= 4 is 17.4 Å². The molecule has 2 heterocycles. The van der Waals surface area contributed by atoms with Crippen LogP contribution in [0.1, 0.15) is 42.5 Å². The fourth-order valence-corrected chi connectivity index (χ4v) is 3.00. The van der Waals surface area contributed by atoms with Crippen LogP contribution in [0, 0.1) is 5.82 Å². The third-order valence-corrected chi connectivity index (χ3v) is 4.27. The highest BCUT2D eigenvalue weighted by atomic mass is 19.1. The molecule has 1 saturated heterocycles. The Bertz CT molecular complexity index is 697. The van der Waals surface area contributed by atoms with E-state index in [1.165, 1.54) is 31.4 Å². The van der Waals surface area contributed by atoms with Crippen molar-refractivity contribution in [3.63, 3.8) is 0 Å². The van der Waals surface area contributed by atoms with Gasteiger partial charge in [0.05, 0.1) is 5.56 Å². The molecule has 1 aromatic heterocycles. The number of hydrogen-bond acceptors (Lipinski definition) is 3. The summed E-state index contributed by atoms with van der Waals surface area (Å²) in [6.45, 7) is 1.57. The molecule has 0 spiro atoms. The molecule has 0 atom stereocenters. The molecule has 126 valence electrons. The van der Waals surface area contributed by atoms with Gasteiger partial charge in [-0.3, -0.25) is 4.79 Å². The van der Waals surface area contributed by atoms with E-state index in [1.54, 1.807) is 30.5 Å². The van der Waals surface area contributed by atoms with Gasteiger partial charge in [0.1, 0.15) is 11.6 Å². The van der Waals surface area contributed by atoms with Crippen molar-refractivity contribution < 1.29 is 9.18 Å². The number of anilines is 2. The largest absolute Gasteiger partial charge is 0.339 e. The second-order valence-electron chi connectivity index (χ2n) is 6.09. The lowest BCUT2D eigenvalue weighted by Gasteiger charge is -2.25. The zero-order valence-electron chi connectivity index (χ0n) is 13.7. The van der Waals surface area contributed by atoms with E-state index in [0.717, 1.165) is 25.9 Å². The Morgan fingerprint density at radius 2 is 1.79 bits per heavy atom. The monoisotopic (exact) mass is 327 g/mol. The Morgan fingerprint density at radius 1 is 1.04 bits per heavy atom. The van der Waals surface area contributed by atoms with Crippen LogP contribution in [0.25, 0.3) is 0 Å². The van der Waals surface area contributed by atoms with Crippen molar-refractivity contribution in [1.29, 1.82) is 0 Å². The number of halogens is 1. The first-order valence-corrected chi connectivity index (χ1v) is 8.51. The van der Waals surface area contributed by atoms with Crippen molar-refractivity contribution in [3.05, 3.63) is 54.0 Å². The number of likely N-dealkylation sites (tertiary alicyclic amines) is 1. The molecular weight excluding hydrogens is 305 g/mol. The summed E-state index contributed by atoms with van der Waals surface area (Å²) in [5.41, 5.74) is 1.11. The van der Waals surface area contributed by atoms with E-state index in [9.17, 15) is 9.18 Å². The number of hydrogen-bond donors (Lipinski definition) is 1.